The van der Waals surface area contributed by atoms with Crippen LogP contribution in [-0.2, 0) is 9.59 Å². The van der Waals surface area contributed by atoms with Crippen LogP contribution in [0.2, 0.25) is 0 Å². The van der Waals surface area contributed by atoms with Gasteiger partial charge in [-0.2, -0.15) is 0 Å². The number of hydrogen-bond donors (Lipinski definition) is 2. The summed E-state index contributed by atoms with van der Waals surface area (Å²) < 4.78 is 0. The van der Waals surface area contributed by atoms with Gasteiger partial charge in [-0.1, -0.05) is 0 Å². The molecule has 2 atom stereocenters. The highest BCUT2D eigenvalue weighted by molar-refractivity contribution is 5.87. The van der Waals surface area contributed by atoms with Crippen LogP contribution in [0.15, 0.2) is 0 Å². The highest BCUT2D eigenvalue weighted by atomic mass is 16.2. The maximum Gasteiger partial charge on any atom is 0.239 e. The van der Waals surface area contributed by atoms with E-state index in [4.69, 9.17) is 5.73 Å². The molecule has 0 aromatic heterocycles. The lowest BCUT2D eigenvalue weighted by atomic mass is 10.1. The lowest BCUT2D eigenvalue weighted by Gasteiger charge is -2.14. The second-order valence-electron chi connectivity index (χ2n) is 3.88. The predicted molar refractivity (Wildman–Crippen MR) is 52.4 cm³/mol. The Morgan fingerprint density at radius 3 is 2.64 bits per heavy atom. The molecule has 0 aromatic carbocycles. The number of nitrogens with one attached hydrogen (secondary N) is 1. The van der Waals surface area contributed by atoms with Crippen molar-refractivity contribution in [3.63, 3.8) is 0 Å². The monoisotopic (exact) mass is 199 g/mol. The molecule has 1 aliphatic rings. The molecule has 5 nitrogen and oxygen atoms in total. The molecule has 1 heterocycles. The molecular formula is C9H17N3O2. The first-order valence-electron chi connectivity index (χ1n) is 4.79. The third kappa shape index (κ3) is 2.70. The van der Waals surface area contributed by atoms with Crippen LogP contribution in [0.3, 0.4) is 0 Å². The molecule has 5 heteroatoms. The molecule has 3 N–H and O–H groups in total. The number of likely N-dealkylation sites (tertiary alicyclic amines) is 1. The van der Waals surface area contributed by atoms with Crippen molar-refractivity contribution < 1.29 is 9.59 Å². The third-order valence-corrected chi connectivity index (χ3v) is 2.55. The van der Waals surface area contributed by atoms with E-state index in [1.54, 1.807) is 6.92 Å². The van der Waals surface area contributed by atoms with Gasteiger partial charge < -0.3 is 16.0 Å². The molecule has 0 radical (unpaired) electrons. The SMILES string of the molecule is C[C@H](NC(=O)C1CCN(C)C1)C(N)=O. The van der Waals surface area contributed by atoms with E-state index in [2.05, 4.69) is 10.2 Å². The molecule has 1 aliphatic heterocycles. The number of amides is 2. The van der Waals surface area contributed by atoms with E-state index in [0.29, 0.717) is 0 Å². The van der Waals surface area contributed by atoms with Crippen molar-refractivity contribution in [1.29, 1.82) is 0 Å². The first kappa shape index (κ1) is 11.0. The third-order valence-electron chi connectivity index (χ3n) is 2.55. The Balaban J connectivity index is 2.39. The maximum atomic E-state index is 11.6. The van der Waals surface area contributed by atoms with Crippen molar-refractivity contribution >= 4 is 11.8 Å². The summed E-state index contributed by atoms with van der Waals surface area (Å²) in [5, 5.41) is 2.60. The van der Waals surface area contributed by atoms with Crippen LogP contribution in [0.5, 0.6) is 0 Å². The highest BCUT2D eigenvalue weighted by Crippen LogP contribution is 2.14. The van der Waals surface area contributed by atoms with Crippen LogP contribution >= 0.6 is 0 Å². The van der Waals surface area contributed by atoms with Crippen molar-refractivity contribution in [1.82, 2.24) is 10.2 Å². The first-order chi connectivity index (χ1) is 6.50. The number of nitrogens with two attached hydrogens (primary N) is 1. The Morgan fingerprint density at radius 1 is 1.57 bits per heavy atom. The molecule has 1 saturated heterocycles. The average Bonchev–Trinajstić information content (AvgIpc) is 2.51. The van der Waals surface area contributed by atoms with E-state index >= 15 is 0 Å². The lowest BCUT2D eigenvalue weighted by molar-refractivity contribution is -0.129. The second-order valence-corrected chi connectivity index (χ2v) is 3.88. The minimum absolute atomic E-state index is 0.00167. The van der Waals surface area contributed by atoms with Gasteiger partial charge in [-0.15, -0.1) is 0 Å². The molecule has 0 spiro atoms. The maximum absolute atomic E-state index is 11.6. The summed E-state index contributed by atoms with van der Waals surface area (Å²) in [5.74, 6) is -0.563. The van der Waals surface area contributed by atoms with Crippen molar-refractivity contribution in [2.24, 2.45) is 11.7 Å². The summed E-state index contributed by atoms with van der Waals surface area (Å²) >= 11 is 0. The Bertz CT molecular complexity index is 242. The van der Waals surface area contributed by atoms with Crippen LogP contribution < -0.4 is 11.1 Å². The number of primary amides is 1. The molecular weight excluding hydrogens is 182 g/mol. The second kappa shape index (κ2) is 4.41. The van der Waals surface area contributed by atoms with Crippen molar-refractivity contribution in [2.45, 2.75) is 19.4 Å². The summed E-state index contributed by atoms with van der Waals surface area (Å²) in [6.07, 6.45) is 0.855. The summed E-state index contributed by atoms with van der Waals surface area (Å²) in [7, 11) is 1.98. The average molecular weight is 199 g/mol. The van der Waals surface area contributed by atoms with Crippen molar-refractivity contribution in [3.05, 3.63) is 0 Å². The van der Waals surface area contributed by atoms with Crippen LogP contribution in [-0.4, -0.2) is 42.9 Å². The Labute approximate surface area is 83.6 Å². The lowest BCUT2D eigenvalue weighted by Crippen LogP contribution is -2.45. The van der Waals surface area contributed by atoms with Crippen molar-refractivity contribution in [3.8, 4) is 0 Å². The van der Waals surface area contributed by atoms with Crippen LogP contribution in [0, 0.1) is 5.92 Å². The van der Waals surface area contributed by atoms with E-state index < -0.39 is 11.9 Å². The first-order valence-corrected chi connectivity index (χ1v) is 4.79. The number of carbonyl (C=O) groups excluding carboxylic acids is 2. The summed E-state index contributed by atoms with van der Waals surface area (Å²) in [6.45, 7) is 3.29. The van der Waals surface area contributed by atoms with Gasteiger partial charge in [0.25, 0.3) is 0 Å². The number of carbonyl (C=O) groups is 2. The molecule has 0 aliphatic carbocycles. The highest BCUT2D eigenvalue weighted by Gasteiger charge is 2.27. The molecule has 0 aromatic rings. The molecule has 14 heavy (non-hydrogen) atoms. The largest absolute Gasteiger partial charge is 0.368 e. The fraction of sp³-hybridized carbons (Fsp3) is 0.778. The molecule has 0 saturated carbocycles. The van der Waals surface area contributed by atoms with Gasteiger partial charge >= 0.3 is 0 Å². The number of hydrogen-bond acceptors (Lipinski definition) is 3. The fourth-order valence-corrected chi connectivity index (χ4v) is 1.55. The van der Waals surface area contributed by atoms with Gasteiger partial charge in [-0.3, -0.25) is 9.59 Å². The normalized spacial score (nSPS) is 24.6. The molecule has 1 unspecified atom stereocenters. The van der Waals surface area contributed by atoms with E-state index in [1.807, 2.05) is 7.05 Å². The zero-order valence-electron chi connectivity index (χ0n) is 8.62. The molecule has 1 fully saturated rings. The Hall–Kier alpha value is -1.10. The van der Waals surface area contributed by atoms with Gasteiger partial charge in [-0.05, 0) is 26.9 Å². The number of rotatable bonds is 3. The van der Waals surface area contributed by atoms with E-state index in [9.17, 15) is 9.59 Å². The summed E-state index contributed by atoms with van der Waals surface area (Å²) in [4.78, 5) is 24.4. The van der Waals surface area contributed by atoms with Crippen LogP contribution in [0.1, 0.15) is 13.3 Å². The van der Waals surface area contributed by atoms with Crippen LogP contribution in [0.4, 0.5) is 0 Å². The van der Waals surface area contributed by atoms with E-state index in [-0.39, 0.29) is 11.8 Å². The quantitative estimate of drug-likeness (QED) is 0.607. The van der Waals surface area contributed by atoms with Gasteiger partial charge in [0.2, 0.25) is 11.8 Å². The fourth-order valence-electron chi connectivity index (χ4n) is 1.55. The zero-order chi connectivity index (χ0) is 10.7. The van der Waals surface area contributed by atoms with Gasteiger partial charge in [0.15, 0.2) is 0 Å². The molecule has 80 valence electrons. The van der Waals surface area contributed by atoms with E-state index in [1.165, 1.54) is 0 Å². The minimum Gasteiger partial charge on any atom is -0.368 e. The van der Waals surface area contributed by atoms with Crippen LogP contribution in [0.25, 0.3) is 0 Å². The molecule has 2 amide bonds. The Kier molecular flexibility index (Phi) is 3.46. The smallest absolute Gasteiger partial charge is 0.239 e. The van der Waals surface area contributed by atoms with Gasteiger partial charge in [-0.25, -0.2) is 0 Å². The topological polar surface area (TPSA) is 75.4 Å². The summed E-state index contributed by atoms with van der Waals surface area (Å²) in [5.41, 5.74) is 5.05. The van der Waals surface area contributed by atoms with Gasteiger partial charge in [0.05, 0.1) is 5.92 Å². The van der Waals surface area contributed by atoms with Gasteiger partial charge in [0, 0.05) is 6.54 Å². The predicted octanol–water partition coefficient (Wildman–Crippen LogP) is -1.07. The Morgan fingerprint density at radius 2 is 2.21 bits per heavy atom. The summed E-state index contributed by atoms with van der Waals surface area (Å²) in [6, 6.07) is -0.576. The minimum atomic E-state index is -0.576. The zero-order valence-corrected chi connectivity index (χ0v) is 8.62. The standard InChI is InChI=1S/C9H17N3O2/c1-6(8(10)13)11-9(14)7-3-4-12(2)5-7/h6-7H,3-5H2,1-2H3,(H2,10,13)(H,11,14)/t6-,7?/m0/s1. The molecule has 0 bridgehead atoms. The molecule has 1 rings (SSSR count). The van der Waals surface area contributed by atoms with Gasteiger partial charge in [0.1, 0.15) is 6.04 Å². The van der Waals surface area contributed by atoms with Crippen molar-refractivity contribution in [2.75, 3.05) is 20.1 Å². The number of nitrogens with zero attached hydrogens (tertiary/aromatic N) is 1. The van der Waals surface area contributed by atoms with E-state index in [0.717, 1.165) is 19.5 Å².